The van der Waals surface area contributed by atoms with Gasteiger partial charge in [0.2, 0.25) is 11.8 Å². The maximum absolute atomic E-state index is 13.5. The van der Waals surface area contributed by atoms with E-state index in [2.05, 4.69) is 5.32 Å². The first-order valence-electron chi connectivity index (χ1n) is 13.0. The minimum absolute atomic E-state index is 0.00477. The monoisotopic (exact) mass is 503 g/mol. The van der Waals surface area contributed by atoms with Crippen LogP contribution in [0.2, 0.25) is 0 Å². The molecule has 3 amide bonds. The fourth-order valence-corrected chi connectivity index (χ4v) is 4.88. The number of carbonyl (C=O) groups is 3. The van der Waals surface area contributed by atoms with Gasteiger partial charge >= 0.3 is 0 Å². The number of benzene rings is 3. The van der Waals surface area contributed by atoms with E-state index in [0.29, 0.717) is 24.9 Å². The van der Waals surface area contributed by atoms with Gasteiger partial charge in [-0.05, 0) is 61.4 Å². The van der Waals surface area contributed by atoms with Crippen LogP contribution in [0.25, 0.3) is 10.8 Å². The summed E-state index contributed by atoms with van der Waals surface area (Å²) in [5, 5.41) is 4.96. The van der Waals surface area contributed by atoms with E-state index in [0.717, 1.165) is 28.4 Å². The van der Waals surface area contributed by atoms with Crippen LogP contribution in [0.15, 0.2) is 60.7 Å². The molecule has 3 aromatic carbocycles. The lowest BCUT2D eigenvalue weighted by Gasteiger charge is -2.31. The Morgan fingerprint density at radius 2 is 1.70 bits per heavy atom. The lowest BCUT2D eigenvalue weighted by Crippen LogP contribution is -2.50. The van der Waals surface area contributed by atoms with Crippen molar-refractivity contribution in [3.05, 3.63) is 77.6 Å². The first-order chi connectivity index (χ1) is 17.8. The maximum atomic E-state index is 13.5. The fourth-order valence-electron chi connectivity index (χ4n) is 4.88. The van der Waals surface area contributed by atoms with Crippen LogP contribution in [0.4, 0.5) is 10.1 Å². The molecule has 0 aromatic heterocycles. The SMILES string of the molecule is CC[C@H](C(=O)N[C@@H](C)CC)N(Cc1ccc(F)cc1)C(=O)CCCN1C(=O)c2cccc3cccc1c23. The van der Waals surface area contributed by atoms with Crippen molar-refractivity contribution in [1.82, 2.24) is 10.2 Å². The van der Waals surface area contributed by atoms with E-state index >= 15 is 0 Å². The highest BCUT2D eigenvalue weighted by Gasteiger charge is 2.31. The third kappa shape index (κ3) is 5.66. The van der Waals surface area contributed by atoms with Crippen molar-refractivity contribution in [1.29, 1.82) is 0 Å². The normalized spacial score (nSPS) is 14.1. The highest BCUT2D eigenvalue weighted by atomic mass is 19.1. The molecular weight excluding hydrogens is 469 g/mol. The van der Waals surface area contributed by atoms with Gasteiger partial charge in [0.1, 0.15) is 11.9 Å². The highest BCUT2D eigenvalue weighted by molar-refractivity contribution is 6.25. The Morgan fingerprint density at radius 1 is 1.00 bits per heavy atom. The summed E-state index contributed by atoms with van der Waals surface area (Å²) >= 11 is 0. The average Bonchev–Trinajstić information content (AvgIpc) is 3.17. The van der Waals surface area contributed by atoms with Gasteiger partial charge < -0.3 is 15.1 Å². The second kappa shape index (κ2) is 11.5. The average molecular weight is 504 g/mol. The van der Waals surface area contributed by atoms with Crippen LogP contribution in [-0.4, -0.2) is 41.2 Å². The molecule has 0 unspecified atom stereocenters. The maximum Gasteiger partial charge on any atom is 0.258 e. The van der Waals surface area contributed by atoms with Gasteiger partial charge in [-0.1, -0.05) is 50.2 Å². The zero-order valence-corrected chi connectivity index (χ0v) is 21.7. The second-order valence-electron chi connectivity index (χ2n) is 9.63. The Labute approximate surface area is 217 Å². The number of amides is 3. The van der Waals surface area contributed by atoms with Crippen molar-refractivity contribution in [2.45, 2.75) is 65.1 Å². The molecule has 4 rings (SSSR count). The van der Waals surface area contributed by atoms with Crippen LogP contribution < -0.4 is 10.2 Å². The summed E-state index contributed by atoms with van der Waals surface area (Å²) in [5.41, 5.74) is 2.31. The standard InChI is InChI=1S/C30H34FN3O3/c1-4-20(3)32-29(36)25(5-2)34(19-21-14-16-23(31)17-15-21)27(35)13-8-18-33-26-12-7-10-22-9-6-11-24(28(22)26)30(33)37/h6-7,9-12,14-17,20,25H,4-5,8,13,18-19H2,1-3H3,(H,32,36)/t20-,25+/m0/s1. The van der Waals surface area contributed by atoms with Crippen LogP contribution in [0.3, 0.4) is 0 Å². The highest BCUT2D eigenvalue weighted by Crippen LogP contribution is 2.37. The number of hydrogen-bond acceptors (Lipinski definition) is 3. The first-order valence-corrected chi connectivity index (χ1v) is 13.0. The molecule has 37 heavy (non-hydrogen) atoms. The molecule has 2 atom stereocenters. The van der Waals surface area contributed by atoms with Crippen LogP contribution in [0, 0.1) is 5.82 Å². The predicted octanol–water partition coefficient (Wildman–Crippen LogP) is 5.44. The van der Waals surface area contributed by atoms with Gasteiger partial charge in [0, 0.05) is 36.5 Å². The van der Waals surface area contributed by atoms with E-state index in [1.165, 1.54) is 12.1 Å². The van der Waals surface area contributed by atoms with Crippen molar-refractivity contribution in [2.75, 3.05) is 11.4 Å². The largest absolute Gasteiger partial charge is 0.352 e. The smallest absolute Gasteiger partial charge is 0.258 e. The Morgan fingerprint density at radius 3 is 2.38 bits per heavy atom. The summed E-state index contributed by atoms with van der Waals surface area (Å²) in [6.07, 6.45) is 1.88. The van der Waals surface area contributed by atoms with Gasteiger partial charge in [-0.25, -0.2) is 4.39 Å². The van der Waals surface area contributed by atoms with Crippen LogP contribution >= 0.6 is 0 Å². The van der Waals surface area contributed by atoms with Crippen LogP contribution in [0.1, 0.15) is 62.4 Å². The molecule has 1 N–H and O–H groups in total. The molecule has 0 spiro atoms. The number of nitrogens with one attached hydrogen (secondary N) is 1. The topological polar surface area (TPSA) is 69.7 Å². The zero-order valence-electron chi connectivity index (χ0n) is 21.7. The van der Waals surface area contributed by atoms with Crippen LogP contribution in [0.5, 0.6) is 0 Å². The Hall–Kier alpha value is -3.74. The quantitative estimate of drug-likeness (QED) is 0.379. The number of halogens is 1. The van der Waals surface area contributed by atoms with Crippen molar-refractivity contribution in [3.8, 4) is 0 Å². The minimum atomic E-state index is -0.641. The van der Waals surface area contributed by atoms with Gasteiger partial charge in [-0.2, -0.15) is 0 Å². The molecule has 1 aliphatic heterocycles. The molecule has 7 heteroatoms. The summed E-state index contributed by atoms with van der Waals surface area (Å²) in [7, 11) is 0. The summed E-state index contributed by atoms with van der Waals surface area (Å²) < 4.78 is 13.5. The van der Waals surface area contributed by atoms with Crippen LogP contribution in [-0.2, 0) is 16.1 Å². The molecule has 1 heterocycles. The number of carbonyl (C=O) groups excluding carboxylic acids is 3. The summed E-state index contributed by atoms with van der Waals surface area (Å²) in [4.78, 5) is 43.0. The van der Waals surface area contributed by atoms with Gasteiger partial charge in [0.25, 0.3) is 5.91 Å². The Balaban J connectivity index is 1.48. The van der Waals surface area contributed by atoms with Gasteiger partial charge in [0.15, 0.2) is 0 Å². The van der Waals surface area contributed by atoms with E-state index in [1.807, 2.05) is 57.2 Å². The molecule has 6 nitrogen and oxygen atoms in total. The van der Waals surface area contributed by atoms with E-state index < -0.39 is 6.04 Å². The first kappa shape index (κ1) is 26.3. The molecule has 3 aromatic rings. The van der Waals surface area contributed by atoms with Gasteiger partial charge in [-0.3, -0.25) is 14.4 Å². The lowest BCUT2D eigenvalue weighted by molar-refractivity contribution is -0.141. The van der Waals surface area contributed by atoms with Gasteiger partial charge in [0.05, 0.1) is 5.69 Å². The van der Waals surface area contributed by atoms with Crippen molar-refractivity contribution >= 4 is 34.2 Å². The Bertz CT molecular complexity index is 1290. The van der Waals surface area contributed by atoms with E-state index in [4.69, 9.17) is 0 Å². The summed E-state index contributed by atoms with van der Waals surface area (Å²) in [6.45, 7) is 6.41. The number of rotatable bonds is 11. The third-order valence-corrected chi connectivity index (χ3v) is 7.07. The molecule has 0 saturated carbocycles. The van der Waals surface area contributed by atoms with Gasteiger partial charge in [-0.15, -0.1) is 0 Å². The molecule has 0 aliphatic carbocycles. The summed E-state index contributed by atoms with van der Waals surface area (Å²) in [5.74, 6) is -0.765. The summed E-state index contributed by atoms with van der Waals surface area (Å²) in [6, 6.07) is 16.9. The molecular formula is C30H34FN3O3. The minimum Gasteiger partial charge on any atom is -0.352 e. The lowest BCUT2D eigenvalue weighted by atomic mass is 10.1. The molecule has 0 fully saturated rings. The third-order valence-electron chi connectivity index (χ3n) is 7.07. The fraction of sp³-hybridized carbons (Fsp3) is 0.367. The van der Waals surface area contributed by atoms with Crippen molar-refractivity contribution in [3.63, 3.8) is 0 Å². The van der Waals surface area contributed by atoms with E-state index in [-0.39, 0.29) is 42.5 Å². The molecule has 0 radical (unpaired) electrons. The Kier molecular flexibility index (Phi) is 8.21. The zero-order chi connectivity index (χ0) is 26.5. The molecule has 0 saturated heterocycles. The second-order valence-corrected chi connectivity index (χ2v) is 9.63. The number of nitrogens with zero attached hydrogens (tertiary/aromatic N) is 2. The van der Waals surface area contributed by atoms with E-state index in [9.17, 15) is 18.8 Å². The van der Waals surface area contributed by atoms with Crippen molar-refractivity contribution < 1.29 is 18.8 Å². The van der Waals surface area contributed by atoms with Crippen molar-refractivity contribution in [2.24, 2.45) is 0 Å². The molecule has 1 aliphatic rings. The van der Waals surface area contributed by atoms with E-state index in [1.54, 1.807) is 21.9 Å². The number of hydrogen-bond donors (Lipinski definition) is 1. The molecule has 0 bridgehead atoms. The predicted molar refractivity (Wildman–Crippen MR) is 144 cm³/mol. The molecule has 194 valence electrons. The number of anilines is 1.